The molecule has 4 nitrogen and oxygen atoms in total. The van der Waals surface area contributed by atoms with Crippen LogP contribution in [0.2, 0.25) is 0 Å². The van der Waals surface area contributed by atoms with Crippen LogP contribution in [-0.2, 0) is 6.54 Å². The lowest BCUT2D eigenvalue weighted by Gasteiger charge is -2.04. The number of nitrogens with zero attached hydrogens (tertiary/aromatic N) is 3. The molecule has 0 saturated carbocycles. The molecule has 0 fully saturated rings. The zero-order valence-electron chi connectivity index (χ0n) is 9.07. The molecule has 0 radical (unpaired) electrons. The monoisotopic (exact) mass is 308 g/mol. The Bertz CT molecular complexity index is 573. The van der Waals surface area contributed by atoms with Crippen LogP contribution in [0.1, 0.15) is 16.4 Å². The summed E-state index contributed by atoms with van der Waals surface area (Å²) >= 11 is 5.07. The summed E-state index contributed by atoms with van der Waals surface area (Å²) in [6.45, 7) is 2.46. The lowest BCUT2D eigenvalue weighted by atomic mass is 10.4. The molecule has 2 aromatic rings. The van der Waals surface area contributed by atoms with Gasteiger partial charge in [0.15, 0.2) is 0 Å². The van der Waals surface area contributed by atoms with Crippen LogP contribution in [0.25, 0.3) is 0 Å². The van der Waals surface area contributed by atoms with Gasteiger partial charge in [0.2, 0.25) is 0 Å². The summed E-state index contributed by atoms with van der Waals surface area (Å²) < 4.78 is 1.08. The van der Waals surface area contributed by atoms with Crippen molar-refractivity contribution >= 4 is 33.1 Å². The Balaban J connectivity index is 2.09. The van der Waals surface area contributed by atoms with E-state index in [0.29, 0.717) is 23.9 Å². The molecule has 0 aliphatic heterocycles. The number of nitrogens with one attached hydrogen (secondary N) is 1. The maximum Gasteiger partial charge on any atom is 0.146 e. The first-order chi connectivity index (χ1) is 8.17. The number of nitriles is 1. The summed E-state index contributed by atoms with van der Waals surface area (Å²) in [6, 6.07) is 5.72. The van der Waals surface area contributed by atoms with Crippen LogP contribution in [-0.4, -0.2) is 9.97 Å². The molecular weight excluding hydrogens is 300 g/mol. The fourth-order valence-corrected chi connectivity index (χ4v) is 2.73. The Labute approximate surface area is 111 Å². The zero-order chi connectivity index (χ0) is 12.3. The first-order valence-electron chi connectivity index (χ1n) is 4.90. The van der Waals surface area contributed by atoms with Crippen LogP contribution in [0.15, 0.2) is 22.0 Å². The SMILES string of the molecule is Cc1nc(C#N)cc(NCc2cc(Br)cs2)n1. The van der Waals surface area contributed by atoms with Gasteiger partial charge in [0.1, 0.15) is 23.4 Å². The highest BCUT2D eigenvalue weighted by Gasteiger charge is 2.02. The number of hydrogen-bond acceptors (Lipinski definition) is 5. The van der Waals surface area contributed by atoms with Gasteiger partial charge >= 0.3 is 0 Å². The third-order valence-electron chi connectivity index (χ3n) is 2.02. The highest BCUT2D eigenvalue weighted by Crippen LogP contribution is 2.20. The van der Waals surface area contributed by atoms with E-state index in [9.17, 15) is 0 Å². The average molecular weight is 309 g/mol. The minimum absolute atomic E-state index is 0.382. The smallest absolute Gasteiger partial charge is 0.146 e. The molecule has 0 aliphatic rings. The van der Waals surface area contributed by atoms with Gasteiger partial charge in [-0.25, -0.2) is 9.97 Å². The van der Waals surface area contributed by atoms with Crippen molar-refractivity contribution in [2.24, 2.45) is 0 Å². The molecule has 0 amide bonds. The summed E-state index contributed by atoms with van der Waals surface area (Å²) in [5.74, 6) is 1.28. The predicted octanol–water partition coefficient (Wildman–Crippen LogP) is 3.09. The van der Waals surface area contributed by atoms with E-state index in [4.69, 9.17) is 5.26 Å². The van der Waals surface area contributed by atoms with Crippen molar-refractivity contribution in [2.75, 3.05) is 5.32 Å². The third kappa shape index (κ3) is 3.25. The first kappa shape index (κ1) is 12.0. The molecular formula is C11H9BrN4S. The Morgan fingerprint density at radius 2 is 2.29 bits per heavy atom. The second-order valence-corrected chi connectivity index (χ2v) is 5.29. The summed E-state index contributed by atoms with van der Waals surface area (Å²) in [5.41, 5.74) is 0.382. The van der Waals surface area contributed by atoms with Gasteiger partial charge in [-0.15, -0.1) is 11.3 Å². The van der Waals surface area contributed by atoms with Crippen molar-refractivity contribution in [3.63, 3.8) is 0 Å². The van der Waals surface area contributed by atoms with Gasteiger partial charge in [0.25, 0.3) is 0 Å². The maximum absolute atomic E-state index is 8.80. The highest BCUT2D eigenvalue weighted by molar-refractivity contribution is 9.10. The molecule has 6 heteroatoms. The van der Waals surface area contributed by atoms with Gasteiger partial charge in [0.05, 0.1) is 6.54 Å². The quantitative estimate of drug-likeness (QED) is 0.946. The Kier molecular flexibility index (Phi) is 3.71. The largest absolute Gasteiger partial charge is 0.365 e. The number of thiophene rings is 1. The van der Waals surface area contributed by atoms with Crippen molar-refractivity contribution in [2.45, 2.75) is 13.5 Å². The average Bonchev–Trinajstić information content (AvgIpc) is 2.72. The van der Waals surface area contributed by atoms with Crippen LogP contribution < -0.4 is 5.32 Å². The van der Waals surface area contributed by atoms with E-state index in [0.717, 1.165) is 4.47 Å². The minimum atomic E-state index is 0.382. The number of rotatable bonds is 3. The van der Waals surface area contributed by atoms with E-state index in [2.05, 4.69) is 37.3 Å². The van der Waals surface area contributed by atoms with E-state index in [1.807, 2.05) is 11.4 Å². The fraction of sp³-hybridized carbons (Fsp3) is 0.182. The van der Waals surface area contributed by atoms with Crippen LogP contribution >= 0.6 is 27.3 Å². The molecule has 0 saturated heterocycles. The molecule has 2 aromatic heterocycles. The summed E-state index contributed by atoms with van der Waals surface area (Å²) in [6.07, 6.45) is 0. The predicted molar refractivity (Wildman–Crippen MR) is 70.8 cm³/mol. The van der Waals surface area contributed by atoms with Gasteiger partial charge in [-0.1, -0.05) is 0 Å². The van der Waals surface area contributed by atoms with Crippen molar-refractivity contribution in [3.05, 3.63) is 38.4 Å². The molecule has 0 aromatic carbocycles. The zero-order valence-corrected chi connectivity index (χ0v) is 11.5. The van der Waals surface area contributed by atoms with Crippen LogP contribution in [0, 0.1) is 18.3 Å². The molecule has 17 heavy (non-hydrogen) atoms. The Morgan fingerprint density at radius 3 is 2.94 bits per heavy atom. The Hall–Kier alpha value is -1.45. The molecule has 0 spiro atoms. The lowest BCUT2D eigenvalue weighted by Crippen LogP contribution is -2.03. The number of halogens is 1. The Morgan fingerprint density at radius 1 is 1.47 bits per heavy atom. The summed E-state index contributed by atoms with van der Waals surface area (Å²) in [7, 11) is 0. The van der Waals surface area contributed by atoms with E-state index in [1.54, 1.807) is 24.3 Å². The lowest BCUT2D eigenvalue weighted by molar-refractivity contribution is 1.01. The minimum Gasteiger partial charge on any atom is -0.365 e. The molecule has 2 rings (SSSR count). The van der Waals surface area contributed by atoms with E-state index >= 15 is 0 Å². The van der Waals surface area contributed by atoms with Crippen molar-refractivity contribution < 1.29 is 0 Å². The summed E-state index contributed by atoms with van der Waals surface area (Å²) in [5, 5.41) is 14.0. The van der Waals surface area contributed by atoms with Crippen LogP contribution in [0.5, 0.6) is 0 Å². The molecule has 1 N–H and O–H groups in total. The highest BCUT2D eigenvalue weighted by atomic mass is 79.9. The van der Waals surface area contributed by atoms with Gasteiger partial charge in [0, 0.05) is 20.8 Å². The second-order valence-electron chi connectivity index (χ2n) is 3.38. The number of hydrogen-bond donors (Lipinski definition) is 1. The van der Waals surface area contributed by atoms with Gasteiger partial charge in [-0.2, -0.15) is 5.26 Å². The van der Waals surface area contributed by atoms with Gasteiger partial charge in [-0.05, 0) is 28.9 Å². The second kappa shape index (κ2) is 5.25. The van der Waals surface area contributed by atoms with Gasteiger partial charge in [-0.3, -0.25) is 0 Å². The molecule has 0 aliphatic carbocycles. The van der Waals surface area contributed by atoms with Crippen molar-refractivity contribution in [1.29, 1.82) is 5.26 Å². The molecule has 0 unspecified atom stereocenters. The number of aryl methyl sites for hydroxylation is 1. The maximum atomic E-state index is 8.80. The molecule has 0 bridgehead atoms. The number of anilines is 1. The number of aromatic nitrogens is 2. The first-order valence-corrected chi connectivity index (χ1v) is 6.57. The standard InChI is InChI=1S/C11H9BrN4S/c1-7-15-9(4-13)3-11(16-7)14-5-10-2-8(12)6-17-10/h2-3,6H,5H2,1H3,(H,14,15,16). The fourth-order valence-electron chi connectivity index (χ4n) is 1.34. The molecule has 0 atom stereocenters. The normalized spacial score (nSPS) is 9.94. The van der Waals surface area contributed by atoms with Crippen LogP contribution in [0.3, 0.4) is 0 Å². The van der Waals surface area contributed by atoms with Crippen molar-refractivity contribution in [1.82, 2.24) is 9.97 Å². The van der Waals surface area contributed by atoms with Crippen LogP contribution in [0.4, 0.5) is 5.82 Å². The summed E-state index contributed by atoms with van der Waals surface area (Å²) in [4.78, 5) is 9.42. The van der Waals surface area contributed by atoms with Gasteiger partial charge < -0.3 is 5.32 Å². The third-order valence-corrected chi connectivity index (χ3v) is 3.72. The van der Waals surface area contributed by atoms with E-state index in [-0.39, 0.29) is 0 Å². The van der Waals surface area contributed by atoms with E-state index < -0.39 is 0 Å². The topological polar surface area (TPSA) is 61.6 Å². The van der Waals surface area contributed by atoms with E-state index in [1.165, 1.54) is 4.88 Å². The molecule has 2 heterocycles. The van der Waals surface area contributed by atoms with Crippen molar-refractivity contribution in [3.8, 4) is 6.07 Å². The molecule has 86 valence electrons.